The van der Waals surface area contributed by atoms with Gasteiger partial charge in [0.05, 0.1) is 0 Å². The summed E-state index contributed by atoms with van der Waals surface area (Å²) in [5, 5.41) is 10.2. The summed E-state index contributed by atoms with van der Waals surface area (Å²) in [7, 11) is 0. The lowest BCUT2D eigenvalue weighted by Gasteiger charge is -2.03. The van der Waals surface area contributed by atoms with Crippen molar-refractivity contribution in [2.45, 2.75) is 27.3 Å². The number of benzene rings is 1. The molecule has 3 nitrogen and oxygen atoms in total. The van der Waals surface area contributed by atoms with Crippen molar-refractivity contribution in [3.63, 3.8) is 0 Å². The van der Waals surface area contributed by atoms with Crippen LogP contribution in [0, 0.1) is 22.9 Å². The molecule has 0 aromatic heterocycles. The number of halogens is 2. The largest absolute Gasteiger partial charge is 0.264 e. The molecule has 0 saturated heterocycles. The molecule has 1 aromatic carbocycles. The fraction of sp³-hybridized carbons (Fsp3) is 0.400. The lowest BCUT2D eigenvalue weighted by atomic mass is 10.1. The molecular weight excluding hydrogens is 265 g/mol. The van der Waals surface area contributed by atoms with Gasteiger partial charge in [-0.3, -0.25) is 10.1 Å². The Labute approximate surface area is 96.6 Å². The van der Waals surface area contributed by atoms with Crippen LogP contribution < -0.4 is 0 Å². The summed E-state index contributed by atoms with van der Waals surface area (Å²) in [5.74, 6) is -0.464. The monoisotopic (exact) mass is 277 g/mol. The van der Waals surface area contributed by atoms with E-state index < -0.39 is 10.7 Å². The molecule has 0 bridgehead atoms. The highest BCUT2D eigenvalue weighted by Crippen LogP contribution is 2.21. The zero-order valence-electron chi connectivity index (χ0n) is 8.88. The summed E-state index contributed by atoms with van der Waals surface area (Å²) in [6, 6.07) is 2.47. The van der Waals surface area contributed by atoms with Crippen LogP contribution in [0.1, 0.15) is 25.0 Å². The fourth-order valence-corrected chi connectivity index (χ4v) is 1.48. The van der Waals surface area contributed by atoms with Crippen LogP contribution >= 0.6 is 15.9 Å². The maximum absolute atomic E-state index is 12.8. The van der Waals surface area contributed by atoms with Gasteiger partial charge in [0.25, 0.3) is 0 Å². The van der Waals surface area contributed by atoms with Gasteiger partial charge in [-0.15, -0.1) is 0 Å². The van der Waals surface area contributed by atoms with Crippen molar-refractivity contribution < 1.29 is 9.31 Å². The summed E-state index contributed by atoms with van der Waals surface area (Å²) < 4.78 is 13.4. The van der Waals surface area contributed by atoms with E-state index in [4.69, 9.17) is 0 Å². The van der Waals surface area contributed by atoms with Gasteiger partial charge in [-0.2, -0.15) is 0 Å². The topological polar surface area (TPSA) is 43.1 Å². The van der Waals surface area contributed by atoms with E-state index in [1.807, 2.05) is 13.8 Å². The first-order valence-electron chi connectivity index (χ1n) is 4.57. The highest BCUT2D eigenvalue weighted by atomic mass is 79.9. The fourth-order valence-electron chi connectivity index (χ4n) is 1.00. The number of hydrogen-bond donors (Lipinski definition) is 0. The van der Waals surface area contributed by atoms with Crippen LogP contribution in [0.3, 0.4) is 0 Å². The van der Waals surface area contributed by atoms with E-state index in [0.717, 1.165) is 0 Å². The molecule has 0 radical (unpaired) electrons. The maximum Gasteiger partial charge on any atom is 0.229 e. The van der Waals surface area contributed by atoms with E-state index in [1.54, 1.807) is 6.92 Å². The molecule has 0 spiro atoms. The van der Waals surface area contributed by atoms with E-state index in [0.29, 0.717) is 15.6 Å². The lowest BCUT2D eigenvalue weighted by molar-refractivity contribution is -0.496. The Balaban J connectivity index is 0.000000921. The second-order valence-electron chi connectivity index (χ2n) is 2.66. The Bertz CT molecular complexity index is 356. The Morgan fingerprint density at radius 3 is 2.47 bits per heavy atom. The van der Waals surface area contributed by atoms with Crippen LogP contribution in [-0.4, -0.2) is 4.92 Å². The molecule has 1 rings (SSSR count). The van der Waals surface area contributed by atoms with Crippen LogP contribution in [-0.2, 0) is 6.54 Å². The van der Waals surface area contributed by atoms with E-state index in [9.17, 15) is 14.5 Å². The zero-order valence-corrected chi connectivity index (χ0v) is 10.5. The second kappa shape index (κ2) is 6.50. The normalized spacial score (nSPS) is 9.13. The van der Waals surface area contributed by atoms with Crippen molar-refractivity contribution in [1.82, 2.24) is 0 Å². The van der Waals surface area contributed by atoms with Crippen LogP contribution in [0.25, 0.3) is 0 Å². The molecule has 0 atom stereocenters. The van der Waals surface area contributed by atoms with Gasteiger partial charge in [0.2, 0.25) is 6.54 Å². The zero-order chi connectivity index (χ0) is 12.0. The molecule has 0 N–H and O–H groups in total. The number of rotatable bonds is 2. The van der Waals surface area contributed by atoms with Gasteiger partial charge >= 0.3 is 0 Å². The molecule has 5 heteroatoms. The first kappa shape index (κ1) is 14.0. The van der Waals surface area contributed by atoms with Crippen LogP contribution in [0.5, 0.6) is 0 Å². The number of nitrogens with zero attached hydrogens (tertiary/aromatic N) is 1. The predicted octanol–water partition coefficient (Wildman–Crippen LogP) is 3.70. The maximum atomic E-state index is 12.8. The van der Waals surface area contributed by atoms with Gasteiger partial charge in [-0.25, -0.2) is 4.39 Å². The molecule has 84 valence electrons. The highest BCUT2D eigenvalue weighted by Gasteiger charge is 2.09. The second-order valence-corrected chi connectivity index (χ2v) is 3.52. The minimum atomic E-state index is -0.478. The average molecular weight is 278 g/mol. The van der Waals surface area contributed by atoms with Crippen LogP contribution in [0.2, 0.25) is 0 Å². The molecule has 0 aliphatic heterocycles. The van der Waals surface area contributed by atoms with Crippen molar-refractivity contribution in [1.29, 1.82) is 0 Å². The van der Waals surface area contributed by atoms with Gasteiger partial charge < -0.3 is 0 Å². The molecule has 15 heavy (non-hydrogen) atoms. The van der Waals surface area contributed by atoms with Gasteiger partial charge in [0.15, 0.2) is 0 Å². The molecule has 0 fully saturated rings. The van der Waals surface area contributed by atoms with Crippen molar-refractivity contribution in [2.24, 2.45) is 0 Å². The minimum absolute atomic E-state index is 0.345. The number of nitro groups is 1. The molecule has 0 aliphatic rings. The smallest absolute Gasteiger partial charge is 0.229 e. The molecule has 1 aromatic rings. The van der Waals surface area contributed by atoms with Crippen molar-refractivity contribution in [3.8, 4) is 0 Å². The van der Waals surface area contributed by atoms with E-state index >= 15 is 0 Å². The lowest BCUT2D eigenvalue weighted by Crippen LogP contribution is -2.01. The molecule has 0 amide bonds. The Morgan fingerprint density at radius 1 is 1.47 bits per heavy atom. The average Bonchev–Trinajstić information content (AvgIpc) is 2.16. The van der Waals surface area contributed by atoms with Crippen LogP contribution in [0.4, 0.5) is 4.39 Å². The Kier molecular flexibility index (Phi) is 6.08. The summed E-state index contributed by atoms with van der Waals surface area (Å²) in [4.78, 5) is 9.73. The Hall–Kier alpha value is -0.970. The number of hydrogen-bond acceptors (Lipinski definition) is 2. The summed E-state index contributed by atoms with van der Waals surface area (Å²) in [6.07, 6.45) is 0. The predicted molar refractivity (Wildman–Crippen MR) is 60.9 cm³/mol. The van der Waals surface area contributed by atoms with E-state index in [-0.39, 0.29) is 6.54 Å². The molecule has 0 heterocycles. The third-order valence-corrected chi connectivity index (χ3v) is 2.54. The molecular formula is C10H13BrFNO2. The van der Waals surface area contributed by atoms with E-state index in [2.05, 4.69) is 15.9 Å². The quantitative estimate of drug-likeness (QED) is 0.611. The minimum Gasteiger partial charge on any atom is -0.264 e. The summed E-state index contributed by atoms with van der Waals surface area (Å²) in [5.41, 5.74) is 1.11. The first-order chi connectivity index (χ1) is 7.00. The van der Waals surface area contributed by atoms with Crippen molar-refractivity contribution in [3.05, 3.63) is 43.7 Å². The molecule has 0 saturated carbocycles. The SMILES string of the molecule is CC.Cc1c(Br)cc(F)cc1C[N+](=O)[O-]. The standard InChI is InChI=1S/C8H7BrFNO2.C2H6/c1-5-6(4-11(12)13)2-7(10)3-8(5)9;1-2/h2-3H,4H2,1H3;1-2H3. The summed E-state index contributed by atoms with van der Waals surface area (Å²) in [6.45, 7) is 5.37. The van der Waals surface area contributed by atoms with Gasteiger partial charge in [0.1, 0.15) is 5.82 Å². The van der Waals surface area contributed by atoms with Crippen molar-refractivity contribution in [2.75, 3.05) is 0 Å². The van der Waals surface area contributed by atoms with E-state index in [1.165, 1.54) is 12.1 Å². The molecule has 0 unspecified atom stereocenters. The third-order valence-electron chi connectivity index (χ3n) is 1.72. The highest BCUT2D eigenvalue weighted by molar-refractivity contribution is 9.10. The van der Waals surface area contributed by atoms with Gasteiger partial charge in [0, 0.05) is 15.0 Å². The van der Waals surface area contributed by atoms with Gasteiger partial charge in [-0.1, -0.05) is 29.8 Å². The Morgan fingerprint density at radius 2 is 2.00 bits per heavy atom. The van der Waals surface area contributed by atoms with Crippen molar-refractivity contribution >= 4 is 15.9 Å². The van der Waals surface area contributed by atoms with Gasteiger partial charge in [-0.05, 0) is 24.6 Å². The summed E-state index contributed by atoms with van der Waals surface area (Å²) >= 11 is 3.12. The molecule has 0 aliphatic carbocycles. The first-order valence-corrected chi connectivity index (χ1v) is 5.36. The third kappa shape index (κ3) is 4.38. The van der Waals surface area contributed by atoms with Crippen LogP contribution in [0.15, 0.2) is 16.6 Å².